The summed E-state index contributed by atoms with van der Waals surface area (Å²) in [5, 5.41) is 7.51. The van der Waals surface area contributed by atoms with E-state index in [1.807, 2.05) is 26.0 Å². The number of benzene rings is 1. The molecule has 0 atom stereocenters. The number of carbonyl (C=O) groups excluding carboxylic acids is 1. The fourth-order valence-corrected chi connectivity index (χ4v) is 2.77. The summed E-state index contributed by atoms with van der Waals surface area (Å²) >= 11 is 1.48. The van der Waals surface area contributed by atoms with Crippen LogP contribution in [0.15, 0.2) is 36.9 Å². The number of carbonyl (C=O) groups is 1. The smallest absolute Gasteiger partial charge is 0.257 e. The summed E-state index contributed by atoms with van der Waals surface area (Å²) in [6, 6.07) is 7.42. The summed E-state index contributed by atoms with van der Waals surface area (Å²) in [4.78, 5) is 21.5. The number of rotatable bonds is 4. The molecule has 6 nitrogen and oxygen atoms in total. The number of hydrogen-bond acceptors (Lipinski definition) is 5. The van der Waals surface area contributed by atoms with E-state index < -0.39 is 0 Å². The minimum absolute atomic E-state index is 0.152. The Balaban J connectivity index is 1.68. The summed E-state index contributed by atoms with van der Waals surface area (Å²) in [7, 11) is 0. The lowest BCUT2D eigenvalue weighted by atomic mass is 10.1. The number of nitrogens with one attached hydrogen (secondary N) is 1. The molecule has 7 heteroatoms. The first-order valence-electron chi connectivity index (χ1n) is 6.78. The molecule has 2 aromatic heterocycles. The van der Waals surface area contributed by atoms with Crippen LogP contribution in [0.4, 0.5) is 5.13 Å². The van der Waals surface area contributed by atoms with Gasteiger partial charge in [0.15, 0.2) is 5.13 Å². The van der Waals surface area contributed by atoms with Crippen LogP contribution in [-0.4, -0.2) is 25.7 Å². The summed E-state index contributed by atoms with van der Waals surface area (Å²) in [5.41, 5.74) is 2.61. The van der Waals surface area contributed by atoms with Gasteiger partial charge in [0, 0.05) is 10.4 Å². The van der Waals surface area contributed by atoms with E-state index in [-0.39, 0.29) is 5.91 Å². The second-order valence-electron chi connectivity index (χ2n) is 4.90. The average molecular weight is 313 g/mol. The Morgan fingerprint density at radius 3 is 2.64 bits per heavy atom. The first kappa shape index (κ1) is 14.4. The van der Waals surface area contributed by atoms with Crippen LogP contribution in [0.1, 0.15) is 26.5 Å². The van der Waals surface area contributed by atoms with Gasteiger partial charge in [-0.25, -0.2) is 14.6 Å². The highest BCUT2D eigenvalue weighted by molar-refractivity contribution is 7.15. The molecule has 22 heavy (non-hydrogen) atoms. The van der Waals surface area contributed by atoms with Crippen LogP contribution in [-0.2, 0) is 6.54 Å². The van der Waals surface area contributed by atoms with E-state index >= 15 is 0 Å². The molecule has 0 bridgehead atoms. The summed E-state index contributed by atoms with van der Waals surface area (Å²) < 4.78 is 1.73. The molecule has 3 aromatic rings. The summed E-state index contributed by atoms with van der Waals surface area (Å²) in [6.07, 6.45) is 3.16. The van der Waals surface area contributed by atoms with E-state index in [9.17, 15) is 4.79 Å². The Bertz CT molecular complexity index is 757. The lowest BCUT2D eigenvalue weighted by molar-refractivity contribution is 0.102. The molecular weight excluding hydrogens is 298 g/mol. The number of hydrogen-bond donors (Lipinski definition) is 1. The predicted molar refractivity (Wildman–Crippen MR) is 85.1 cm³/mol. The third-order valence-corrected chi connectivity index (χ3v) is 4.26. The Hall–Kier alpha value is -2.54. The van der Waals surface area contributed by atoms with Crippen molar-refractivity contribution in [2.45, 2.75) is 20.4 Å². The highest BCUT2D eigenvalue weighted by atomic mass is 32.1. The van der Waals surface area contributed by atoms with Crippen LogP contribution in [0.2, 0.25) is 0 Å². The van der Waals surface area contributed by atoms with Crippen molar-refractivity contribution in [3.05, 3.63) is 58.6 Å². The zero-order valence-electron chi connectivity index (χ0n) is 12.3. The first-order valence-corrected chi connectivity index (χ1v) is 7.60. The number of aromatic nitrogens is 4. The number of aryl methyl sites for hydroxylation is 2. The van der Waals surface area contributed by atoms with Gasteiger partial charge in [0.05, 0.1) is 12.2 Å². The molecule has 0 radical (unpaired) electrons. The lowest BCUT2D eigenvalue weighted by Gasteiger charge is -2.04. The Morgan fingerprint density at radius 2 is 2.05 bits per heavy atom. The molecule has 1 N–H and O–H groups in total. The molecule has 0 aliphatic rings. The maximum absolute atomic E-state index is 12.2. The molecule has 0 saturated heterocycles. The predicted octanol–water partition coefficient (Wildman–Crippen LogP) is 2.65. The molecule has 0 fully saturated rings. The Labute approximate surface area is 131 Å². The minimum Gasteiger partial charge on any atom is -0.298 e. The number of thiazole rings is 1. The fraction of sp³-hybridized carbons (Fsp3) is 0.200. The van der Waals surface area contributed by atoms with E-state index in [1.54, 1.807) is 23.1 Å². The van der Waals surface area contributed by atoms with Crippen molar-refractivity contribution in [3.8, 4) is 0 Å². The number of anilines is 1. The quantitative estimate of drug-likeness (QED) is 0.803. The van der Waals surface area contributed by atoms with Crippen molar-refractivity contribution in [2.24, 2.45) is 0 Å². The van der Waals surface area contributed by atoms with Crippen molar-refractivity contribution in [1.29, 1.82) is 0 Å². The molecule has 0 unspecified atom stereocenters. The Morgan fingerprint density at radius 1 is 1.27 bits per heavy atom. The van der Waals surface area contributed by atoms with Gasteiger partial charge in [0.1, 0.15) is 12.7 Å². The van der Waals surface area contributed by atoms with E-state index in [0.717, 1.165) is 16.1 Å². The van der Waals surface area contributed by atoms with Crippen LogP contribution < -0.4 is 5.32 Å². The average Bonchev–Trinajstić information content (AvgIpc) is 3.10. The van der Waals surface area contributed by atoms with E-state index in [2.05, 4.69) is 20.4 Å². The monoisotopic (exact) mass is 313 g/mol. The fourth-order valence-electron chi connectivity index (χ4n) is 1.96. The van der Waals surface area contributed by atoms with Crippen LogP contribution >= 0.6 is 11.3 Å². The molecule has 112 valence electrons. The minimum atomic E-state index is -0.152. The number of nitrogens with zero attached hydrogens (tertiary/aromatic N) is 4. The van der Waals surface area contributed by atoms with E-state index in [0.29, 0.717) is 17.2 Å². The highest BCUT2D eigenvalue weighted by Gasteiger charge is 2.10. The van der Waals surface area contributed by atoms with Gasteiger partial charge in [-0.3, -0.25) is 10.1 Å². The van der Waals surface area contributed by atoms with Crippen molar-refractivity contribution in [2.75, 3.05) is 5.32 Å². The molecule has 0 aliphatic carbocycles. The first-order chi connectivity index (χ1) is 10.6. The van der Waals surface area contributed by atoms with Crippen molar-refractivity contribution >= 4 is 22.4 Å². The molecule has 0 spiro atoms. The van der Waals surface area contributed by atoms with Gasteiger partial charge >= 0.3 is 0 Å². The summed E-state index contributed by atoms with van der Waals surface area (Å²) in [5.74, 6) is -0.152. The standard InChI is InChI=1S/C15H15N5OS/c1-10-11(2)22-15(18-10)19-14(21)13-5-3-12(4-6-13)7-20-9-16-8-17-20/h3-6,8-9H,7H2,1-2H3,(H,18,19,21). The van der Waals surface area contributed by atoms with Gasteiger partial charge in [-0.1, -0.05) is 12.1 Å². The van der Waals surface area contributed by atoms with Crippen LogP contribution in [0.5, 0.6) is 0 Å². The molecule has 3 rings (SSSR count). The van der Waals surface area contributed by atoms with Gasteiger partial charge in [-0.05, 0) is 31.5 Å². The number of amides is 1. The molecule has 0 aliphatic heterocycles. The second-order valence-corrected chi connectivity index (χ2v) is 6.11. The third kappa shape index (κ3) is 3.20. The molecule has 2 heterocycles. The van der Waals surface area contributed by atoms with Crippen LogP contribution in [0, 0.1) is 13.8 Å². The highest BCUT2D eigenvalue weighted by Crippen LogP contribution is 2.21. The lowest BCUT2D eigenvalue weighted by Crippen LogP contribution is -2.11. The maximum Gasteiger partial charge on any atom is 0.257 e. The van der Waals surface area contributed by atoms with Crippen LogP contribution in [0.3, 0.4) is 0 Å². The van der Waals surface area contributed by atoms with E-state index in [4.69, 9.17) is 0 Å². The normalized spacial score (nSPS) is 10.6. The third-order valence-electron chi connectivity index (χ3n) is 3.28. The van der Waals surface area contributed by atoms with Gasteiger partial charge in [-0.2, -0.15) is 5.10 Å². The topological polar surface area (TPSA) is 72.7 Å². The second kappa shape index (κ2) is 6.07. The molecule has 1 amide bonds. The maximum atomic E-state index is 12.2. The van der Waals surface area contributed by atoms with Crippen LogP contribution in [0.25, 0.3) is 0 Å². The Kier molecular flexibility index (Phi) is 3.97. The van der Waals surface area contributed by atoms with E-state index in [1.165, 1.54) is 17.7 Å². The van der Waals surface area contributed by atoms with Gasteiger partial charge in [-0.15, -0.1) is 11.3 Å². The van der Waals surface area contributed by atoms with Crippen molar-refractivity contribution < 1.29 is 4.79 Å². The SMILES string of the molecule is Cc1nc(NC(=O)c2ccc(Cn3cncn3)cc2)sc1C. The molecule has 1 aromatic carbocycles. The summed E-state index contributed by atoms with van der Waals surface area (Å²) in [6.45, 7) is 4.55. The van der Waals surface area contributed by atoms with Gasteiger partial charge < -0.3 is 0 Å². The molecule has 0 saturated carbocycles. The van der Waals surface area contributed by atoms with Crippen molar-refractivity contribution in [3.63, 3.8) is 0 Å². The van der Waals surface area contributed by atoms with Gasteiger partial charge in [0.2, 0.25) is 0 Å². The van der Waals surface area contributed by atoms with Gasteiger partial charge in [0.25, 0.3) is 5.91 Å². The zero-order chi connectivity index (χ0) is 15.5. The van der Waals surface area contributed by atoms with Crippen molar-refractivity contribution in [1.82, 2.24) is 19.7 Å². The largest absolute Gasteiger partial charge is 0.298 e. The zero-order valence-corrected chi connectivity index (χ0v) is 13.1. The molecular formula is C15H15N5OS.